The van der Waals surface area contributed by atoms with Crippen LogP contribution in [0.2, 0.25) is 0 Å². The zero-order valence-electron chi connectivity index (χ0n) is 11.2. The monoisotopic (exact) mass is 311 g/mol. The SMILES string of the molecule is CC(CS(C)(=O)=O)n1c(CCl)nc2ccc(C#N)cc21. The molecule has 0 bridgehead atoms. The highest BCUT2D eigenvalue weighted by Gasteiger charge is 2.19. The van der Waals surface area contributed by atoms with Crippen LogP contribution in [-0.4, -0.2) is 30.0 Å². The number of nitrogens with zero attached hydrogens (tertiary/aromatic N) is 3. The molecule has 2 aromatic rings. The number of imidazole rings is 1. The van der Waals surface area contributed by atoms with Crippen LogP contribution >= 0.6 is 11.6 Å². The summed E-state index contributed by atoms with van der Waals surface area (Å²) in [5, 5.41) is 8.98. The van der Waals surface area contributed by atoms with E-state index in [2.05, 4.69) is 11.1 Å². The van der Waals surface area contributed by atoms with E-state index in [1.165, 1.54) is 6.26 Å². The van der Waals surface area contributed by atoms with E-state index in [1.807, 2.05) is 0 Å². The molecule has 5 nitrogen and oxygen atoms in total. The van der Waals surface area contributed by atoms with Crippen LogP contribution in [0.3, 0.4) is 0 Å². The van der Waals surface area contributed by atoms with Crippen LogP contribution in [0, 0.1) is 11.3 Å². The Kier molecular flexibility index (Phi) is 4.02. The molecule has 106 valence electrons. The lowest BCUT2D eigenvalue weighted by Gasteiger charge is -2.16. The molecule has 0 amide bonds. The summed E-state index contributed by atoms with van der Waals surface area (Å²) >= 11 is 5.89. The first kappa shape index (κ1) is 14.8. The lowest BCUT2D eigenvalue weighted by atomic mass is 10.2. The van der Waals surface area contributed by atoms with Gasteiger partial charge in [0.05, 0.1) is 34.3 Å². The number of alkyl halides is 1. The van der Waals surface area contributed by atoms with Gasteiger partial charge < -0.3 is 4.57 Å². The molecule has 0 N–H and O–H groups in total. The summed E-state index contributed by atoms with van der Waals surface area (Å²) in [4.78, 5) is 4.38. The van der Waals surface area contributed by atoms with Crippen LogP contribution in [0.15, 0.2) is 18.2 Å². The molecule has 0 aliphatic heterocycles. The summed E-state index contributed by atoms with van der Waals surface area (Å²) in [6.07, 6.45) is 1.20. The first-order chi connectivity index (χ1) is 9.35. The van der Waals surface area contributed by atoms with Crippen molar-refractivity contribution in [2.45, 2.75) is 18.8 Å². The van der Waals surface area contributed by atoms with Crippen molar-refractivity contribution in [2.24, 2.45) is 0 Å². The van der Waals surface area contributed by atoms with Gasteiger partial charge in [0.25, 0.3) is 0 Å². The first-order valence-electron chi connectivity index (χ1n) is 6.00. The highest BCUT2D eigenvalue weighted by atomic mass is 35.5. The minimum absolute atomic E-state index is 0.000863. The van der Waals surface area contributed by atoms with E-state index in [0.29, 0.717) is 16.9 Å². The third-order valence-electron chi connectivity index (χ3n) is 3.00. The smallest absolute Gasteiger partial charge is 0.149 e. The average molecular weight is 312 g/mol. The number of hydrogen-bond donors (Lipinski definition) is 0. The van der Waals surface area contributed by atoms with Gasteiger partial charge in [-0.2, -0.15) is 5.26 Å². The number of rotatable bonds is 4. The number of nitriles is 1. The zero-order chi connectivity index (χ0) is 14.9. The van der Waals surface area contributed by atoms with E-state index in [1.54, 1.807) is 29.7 Å². The van der Waals surface area contributed by atoms with E-state index >= 15 is 0 Å². The van der Waals surface area contributed by atoms with Crippen molar-refractivity contribution in [3.8, 4) is 6.07 Å². The molecule has 0 radical (unpaired) electrons. The normalized spacial score (nSPS) is 13.3. The summed E-state index contributed by atoms with van der Waals surface area (Å²) in [6, 6.07) is 6.90. The van der Waals surface area contributed by atoms with Crippen LogP contribution in [-0.2, 0) is 15.7 Å². The molecule has 7 heteroatoms. The van der Waals surface area contributed by atoms with Gasteiger partial charge in [-0.3, -0.25) is 0 Å². The number of halogens is 1. The Balaban J connectivity index is 2.63. The molecule has 0 saturated heterocycles. The van der Waals surface area contributed by atoms with Gasteiger partial charge >= 0.3 is 0 Å². The molecule has 0 fully saturated rings. The largest absolute Gasteiger partial charge is 0.323 e. The number of fused-ring (bicyclic) bond motifs is 1. The molecule has 1 aromatic carbocycles. The molecule has 2 rings (SSSR count). The highest BCUT2D eigenvalue weighted by Crippen LogP contribution is 2.24. The molecule has 1 heterocycles. The molecule has 1 atom stereocenters. The number of hydrogen-bond acceptors (Lipinski definition) is 4. The van der Waals surface area contributed by atoms with Crippen molar-refractivity contribution in [3.05, 3.63) is 29.6 Å². The van der Waals surface area contributed by atoms with Gasteiger partial charge in [-0.15, -0.1) is 11.6 Å². The molecule has 0 saturated carbocycles. The topological polar surface area (TPSA) is 75.8 Å². The molecule has 1 unspecified atom stereocenters. The average Bonchev–Trinajstić information content (AvgIpc) is 2.73. The van der Waals surface area contributed by atoms with Crippen LogP contribution in [0.5, 0.6) is 0 Å². The summed E-state index contributed by atoms with van der Waals surface area (Å²) in [7, 11) is -3.12. The summed E-state index contributed by atoms with van der Waals surface area (Å²) in [5.74, 6) is 0.789. The van der Waals surface area contributed by atoms with Crippen LogP contribution in [0.25, 0.3) is 11.0 Å². The number of sulfone groups is 1. The summed E-state index contributed by atoms with van der Waals surface area (Å²) < 4.78 is 24.7. The van der Waals surface area contributed by atoms with Gasteiger partial charge in [0.15, 0.2) is 0 Å². The van der Waals surface area contributed by atoms with Gasteiger partial charge in [-0.05, 0) is 25.1 Å². The molecule has 20 heavy (non-hydrogen) atoms. The Morgan fingerprint density at radius 3 is 2.75 bits per heavy atom. The summed E-state index contributed by atoms with van der Waals surface area (Å²) in [5.41, 5.74) is 1.95. The van der Waals surface area contributed by atoms with Crippen LogP contribution < -0.4 is 0 Å². The quantitative estimate of drug-likeness (QED) is 0.812. The van der Waals surface area contributed by atoms with E-state index < -0.39 is 9.84 Å². The van der Waals surface area contributed by atoms with Gasteiger partial charge in [0.2, 0.25) is 0 Å². The van der Waals surface area contributed by atoms with Crippen molar-refractivity contribution in [3.63, 3.8) is 0 Å². The van der Waals surface area contributed by atoms with Gasteiger partial charge in [-0.25, -0.2) is 13.4 Å². The predicted octanol–water partition coefficient (Wildman–Crippen LogP) is 2.25. The minimum atomic E-state index is -3.12. The first-order valence-corrected chi connectivity index (χ1v) is 8.60. The zero-order valence-corrected chi connectivity index (χ0v) is 12.7. The molecule has 0 spiro atoms. The molecule has 0 aliphatic rings. The second-order valence-electron chi connectivity index (χ2n) is 4.79. The standard InChI is InChI=1S/C13H14ClN3O2S/c1-9(8-20(2,18)19)17-12-5-10(7-15)3-4-11(12)16-13(17)6-14/h3-5,9H,6,8H2,1-2H3. The Morgan fingerprint density at radius 2 is 2.20 bits per heavy atom. The van der Waals surface area contributed by atoms with Gasteiger partial charge in [0.1, 0.15) is 15.7 Å². The van der Waals surface area contributed by atoms with E-state index in [-0.39, 0.29) is 17.7 Å². The second-order valence-corrected chi connectivity index (χ2v) is 7.24. The minimum Gasteiger partial charge on any atom is -0.323 e. The van der Waals surface area contributed by atoms with Gasteiger partial charge in [0, 0.05) is 12.3 Å². The second kappa shape index (κ2) is 5.43. The fourth-order valence-corrected chi connectivity index (χ4v) is 3.53. The van der Waals surface area contributed by atoms with E-state index in [0.717, 1.165) is 5.52 Å². The third kappa shape index (κ3) is 2.94. The Hall–Kier alpha value is -1.58. The Bertz CT molecular complexity index is 790. The Morgan fingerprint density at radius 1 is 1.50 bits per heavy atom. The van der Waals surface area contributed by atoms with E-state index in [4.69, 9.17) is 16.9 Å². The summed E-state index contributed by atoms with van der Waals surface area (Å²) in [6.45, 7) is 1.80. The maximum atomic E-state index is 11.5. The van der Waals surface area contributed by atoms with Crippen LogP contribution in [0.1, 0.15) is 24.4 Å². The van der Waals surface area contributed by atoms with Crippen molar-refractivity contribution < 1.29 is 8.42 Å². The lowest BCUT2D eigenvalue weighted by Crippen LogP contribution is -2.18. The molecular formula is C13H14ClN3O2S. The number of benzene rings is 1. The highest BCUT2D eigenvalue weighted by molar-refractivity contribution is 7.90. The van der Waals surface area contributed by atoms with Gasteiger partial charge in [-0.1, -0.05) is 0 Å². The predicted molar refractivity (Wildman–Crippen MR) is 78.4 cm³/mol. The third-order valence-corrected chi connectivity index (χ3v) is 4.32. The van der Waals surface area contributed by atoms with Crippen molar-refractivity contribution >= 4 is 32.5 Å². The maximum absolute atomic E-state index is 11.5. The van der Waals surface area contributed by atoms with Crippen molar-refractivity contribution in [2.75, 3.05) is 12.0 Å². The fourth-order valence-electron chi connectivity index (χ4n) is 2.31. The fraction of sp³-hybridized carbons (Fsp3) is 0.385. The van der Waals surface area contributed by atoms with Crippen molar-refractivity contribution in [1.82, 2.24) is 9.55 Å². The maximum Gasteiger partial charge on any atom is 0.149 e. The van der Waals surface area contributed by atoms with E-state index in [9.17, 15) is 8.42 Å². The molecule has 0 aliphatic carbocycles. The molecular weight excluding hydrogens is 298 g/mol. The van der Waals surface area contributed by atoms with Crippen molar-refractivity contribution in [1.29, 1.82) is 5.26 Å². The lowest BCUT2D eigenvalue weighted by molar-refractivity contribution is 0.561. The van der Waals surface area contributed by atoms with Crippen LogP contribution in [0.4, 0.5) is 0 Å². The Labute approximate surface area is 122 Å². The number of aromatic nitrogens is 2. The molecule has 1 aromatic heterocycles.